The van der Waals surface area contributed by atoms with E-state index in [4.69, 9.17) is 0 Å². The van der Waals surface area contributed by atoms with E-state index in [1.807, 2.05) is 13.1 Å². The van der Waals surface area contributed by atoms with Crippen molar-refractivity contribution in [2.24, 2.45) is 5.92 Å². The SMILES string of the molecule is CNC(c1ccc(CC(C)C)cc1)c1cccc(F)c1Br. The van der Waals surface area contributed by atoms with Gasteiger partial charge < -0.3 is 5.32 Å². The summed E-state index contributed by atoms with van der Waals surface area (Å²) >= 11 is 3.35. The maximum absolute atomic E-state index is 13.7. The normalized spacial score (nSPS) is 12.7. The molecular formula is C18H21BrFN. The van der Waals surface area contributed by atoms with Crippen LogP contribution in [0, 0.1) is 11.7 Å². The van der Waals surface area contributed by atoms with Gasteiger partial charge in [-0.1, -0.05) is 50.2 Å². The molecule has 112 valence electrons. The molecule has 0 aromatic heterocycles. The molecule has 2 aromatic carbocycles. The molecule has 21 heavy (non-hydrogen) atoms. The molecule has 0 aliphatic rings. The van der Waals surface area contributed by atoms with Crippen molar-refractivity contribution >= 4 is 15.9 Å². The molecule has 0 saturated carbocycles. The molecule has 0 heterocycles. The van der Waals surface area contributed by atoms with Crippen LogP contribution in [0.2, 0.25) is 0 Å². The molecule has 2 rings (SSSR count). The highest BCUT2D eigenvalue weighted by Crippen LogP contribution is 2.30. The molecule has 1 unspecified atom stereocenters. The predicted molar refractivity (Wildman–Crippen MR) is 90.0 cm³/mol. The zero-order valence-corrected chi connectivity index (χ0v) is 14.2. The smallest absolute Gasteiger partial charge is 0.137 e. The summed E-state index contributed by atoms with van der Waals surface area (Å²) in [6, 6.07) is 13.7. The third-order valence-electron chi connectivity index (χ3n) is 3.54. The third-order valence-corrected chi connectivity index (χ3v) is 4.37. The van der Waals surface area contributed by atoms with Crippen molar-refractivity contribution in [2.75, 3.05) is 7.05 Å². The molecule has 1 nitrogen and oxygen atoms in total. The lowest BCUT2D eigenvalue weighted by atomic mass is 9.96. The average Bonchev–Trinajstić information content (AvgIpc) is 2.45. The van der Waals surface area contributed by atoms with Crippen molar-refractivity contribution in [3.8, 4) is 0 Å². The summed E-state index contributed by atoms with van der Waals surface area (Å²) in [5.41, 5.74) is 3.38. The Morgan fingerprint density at radius 3 is 2.33 bits per heavy atom. The highest BCUT2D eigenvalue weighted by molar-refractivity contribution is 9.10. The van der Waals surface area contributed by atoms with Gasteiger partial charge in [-0.15, -0.1) is 0 Å². The first-order valence-corrected chi connectivity index (χ1v) is 8.02. The Bertz CT molecular complexity index is 593. The van der Waals surface area contributed by atoms with Gasteiger partial charge >= 0.3 is 0 Å². The van der Waals surface area contributed by atoms with Crippen LogP contribution in [0.25, 0.3) is 0 Å². The van der Waals surface area contributed by atoms with E-state index in [-0.39, 0.29) is 11.9 Å². The van der Waals surface area contributed by atoms with Crippen molar-refractivity contribution in [1.82, 2.24) is 5.32 Å². The highest BCUT2D eigenvalue weighted by atomic mass is 79.9. The van der Waals surface area contributed by atoms with E-state index in [1.165, 1.54) is 11.6 Å². The van der Waals surface area contributed by atoms with Crippen LogP contribution in [0.4, 0.5) is 4.39 Å². The van der Waals surface area contributed by atoms with E-state index in [2.05, 4.69) is 59.4 Å². The van der Waals surface area contributed by atoms with Crippen LogP contribution in [0.5, 0.6) is 0 Å². The summed E-state index contributed by atoms with van der Waals surface area (Å²) < 4.78 is 14.2. The van der Waals surface area contributed by atoms with Crippen molar-refractivity contribution in [1.29, 1.82) is 0 Å². The second kappa shape index (κ2) is 7.19. The van der Waals surface area contributed by atoms with Gasteiger partial charge in [0.25, 0.3) is 0 Å². The minimum absolute atomic E-state index is 0.0248. The molecule has 0 spiro atoms. The molecule has 0 radical (unpaired) electrons. The predicted octanol–water partition coefficient (Wildman–Crippen LogP) is 5.10. The fourth-order valence-electron chi connectivity index (χ4n) is 2.56. The lowest BCUT2D eigenvalue weighted by Crippen LogP contribution is -2.18. The molecule has 0 amide bonds. The number of rotatable bonds is 5. The first-order chi connectivity index (χ1) is 10.0. The summed E-state index contributed by atoms with van der Waals surface area (Å²) in [5.74, 6) is 0.414. The Hall–Kier alpha value is -1.19. The van der Waals surface area contributed by atoms with Crippen molar-refractivity contribution in [3.63, 3.8) is 0 Å². The standard InChI is InChI=1S/C18H21BrFN/c1-12(2)11-13-7-9-14(10-8-13)18(21-3)15-5-4-6-16(20)17(15)19/h4-10,12,18,21H,11H2,1-3H3. The van der Waals surface area contributed by atoms with Gasteiger partial charge in [-0.25, -0.2) is 4.39 Å². The van der Waals surface area contributed by atoms with Crippen LogP contribution in [0.15, 0.2) is 46.9 Å². The number of halogens is 2. The van der Waals surface area contributed by atoms with Crippen LogP contribution in [0.1, 0.15) is 36.6 Å². The Morgan fingerprint density at radius 1 is 1.10 bits per heavy atom. The minimum Gasteiger partial charge on any atom is -0.309 e. The summed E-state index contributed by atoms with van der Waals surface area (Å²) in [4.78, 5) is 0. The van der Waals surface area contributed by atoms with Gasteiger partial charge in [-0.3, -0.25) is 0 Å². The largest absolute Gasteiger partial charge is 0.309 e. The van der Waals surface area contributed by atoms with Crippen LogP contribution >= 0.6 is 15.9 Å². The molecule has 1 N–H and O–H groups in total. The number of benzene rings is 2. The van der Waals surface area contributed by atoms with Gasteiger partial charge in [0.15, 0.2) is 0 Å². The lowest BCUT2D eigenvalue weighted by molar-refractivity contribution is 0.608. The van der Waals surface area contributed by atoms with Crippen LogP contribution < -0.4 is 5.32 Å². The molecule has 2 aromatic rings. The second-order valence-corrected chi connectivity index (χ2v) is 6.50. The first kappa shape index (κ1) is 16.2. The Balaban J connectivity index is 2.31. The van der Waals surface area contributed by atoms with Gasteiger partial charge in [0.2, 0.25) is 0 Å². The van der Waals surface area contributed by atoms with E-state index in [0.29, 0.717) is 10.4 Å². The van der Waals surface area contributed by atoms with Gasteiger partial charge in [0.1, 0.15) is 5.82 Å². The van der Waals surface area contributed by atoms with Crippen LogP contribution in [0.3, 0.4) is 0 Å². The molecule has 0 fully saturated rings. The van der Waals surface area contributed by atoms with E-state index >= 15 is 0 Å². The zero-order chi connectivity index (χ0) is 15.4. The Morgan fingerprint density at radius 2 is 1.76 bits per heavy atom. The third kappa shape index (κ3) is 3.92. The van der Waals surface area contributed by atoms with Gasteiger partial charge in [0, 0.05) is 0 Å². The average molecular weight is 350 g/mol. The Labute approximate surface area is 134 Å². The summed E-state index contributed by atoms with van der Waals surface area (Å²) in [6.07, 6.45) is 1.08. The van der Waals surface area contributed by atoms with Crippen molar-refractivity contribution < 1.29 is 4.39 Å². The van der Waals surface area contributed by atoms with Gasteiger partial charge in [0.05, 0.1) is 10.5 Å². The number of nitrogens with one attached hydrogen (secondary N) is 1. The van der Waals surface area contributed by atoms with Gasteiger partial charge in [-0.2, -0.15) is 0 Å². The molecule has 0 aliphatic heterocycles. The van der Waals surface area contributed by atoms with E-state index in [1.54, 1.807) is 6.07 Å². The second-order valence-electron chi connectivity index (χ2n) is 5.70. The number of hydrogen-bond donors (Lipinski definition) is 1. The van der Waals surface area contributed by atoms with Crippen molar-refractivity contribution in [3.05, 3.63) is 69.4 Å². The van der Waals surface area contributed by atoms with E-state index in [9.17, 15) is 4.39 Å². The summed E-state index contributed by atoms with van der Waals surface area (Å²) in [5, 5.41) is 3.27. The first-order valence-electron chi connectivity index (χ1n) is 7.23. The van der Waals surface area contributed by atoms with E-state index in [0.717, 1.165) is 17.5 Å². The zero-order valence-electron chi connectivity index (χ0n) is 12.7. The van der Waals surface area contributed by atoms with Gasteiger partial charge in [-0.05, 0) is 58.1 Å². The quantitative estimate of drug-likeness (QED) is 0.792. The fraction of sp³-hybridized carbons (Fsp3) is 0.333. The van der Waals surface area contributed by atoms with Crippen LogP contribution in [-0.4, -0.2) is 7.05 Å². The highest BCUT2D eigenvalue weighted by Gasteiger charge is 2.16. The van der Waals surface area contributed by atoms with Crippen LogP contribution in [-0.2, 0) is 6.42 Å². The molecule has 3 heteroatoms. The molecule has 0 aliphatic carbocycles. The summed E-state index contributed by atoms with van der Waals surface area (Å²) in [7, 11) is 1.89. The maximum atomic E-state index is 13.7. The molecular weight excluding hydrogens is 329 g/mol. The topological polar surface area (TPSA) is 12.0 Å². The molecule has 0 bridgehead atoms. The van der Waals surface area contributed by atoms with E-state index < -0.39 is 0 Å². The molecule has 0 saturated heterocycles. The monoisotopic (exact) mass is 349 g/mol. The minimum atomic E-state index is -0.232. The number of hydrogen-bond acceptors (Lipinski definition) is 1. The lowest BCUT2D eigenvalue weighted by Gasteiger charge is -2.19. The maximum Gasteiger partial charge on any atom is 0.137 e. The Kier molecular flexibility index (Phi) is 5.54. The molecule has 1 atom stereocenters. The fourth-order valence-corrected chi connectivity index (χ4v) is 3.06. The van der Waals surface area contributed by atoms with Crippen molar-refractivity contribution in [2.45, 2.75) is 26.3 Å². The summed E-state index contributed by atoms with van der Waals surface area (Å²) in [6.45, 7) is 4.43.